The van der Waals surface area contributed by atoms with Crippen LogP contribution in [-0.2, 0) is 14.8 Å². The van der Waals surface area contributed by atoms with E-state index in [4.69, 9.17) is 10.2 Å². The predicted molar refractivity (Wildman–Crippen MR) is 90.9 cm³/mol. The first kappa shape index (κ1) is 18.3. The van der Waals surface area contributed by atoms with Gasteiger partial charge >= 0.3 is 5.97 Å². The number of carboxylic acid groups (broad SMARTS) is 1. The number of azo groups is 1. The zero-order valence-electron chi connectivity index (χ0n) is 13.3. The fourth-order valence-electron chi connectivity index (χ4n) is 2.60. The molecule has 0 aromatic heterocycles. The lowest BCUT2D eigenvalue weighted by Gasteiger charge is -2.23. The van der Waals surface area contributed by atoms with Gasteiger partial charge in [-0.15, -0.1) is 0 Å². The molecule has 1 saturated carbocycles. The summed E-state index contributed by atoms with van der Waals surface area (Å²) in [6.07, 6.45) is 2.44. The number of aliphatic carboxylic acids is 1. The van der Waals surface area contributed by atoms with Gasteiger partial charge in [-0.1, -0.05) is 0 Å². The molecule has 0 amide bonds. The Morgan fingerprint density at radius 2 is 1.83 bits per heavy atom. The molecule has 1 fully saturated rings. The van der Waals surface area contributed by atoms with Crippen molar-refractivity contribution in [3.05, 3.63) is 24.3 Å². The van der Waals surface area contributed by atoms with Gasteiger partial charge in [-0.3, -0.25) is 4.79 Å². The standard InChI is InChI=1S/C15H22N4O4S/c16-24(22,23)14-7-5-13(6-8-14)19-18-12-3-1-11(2-4-12)17-10-9-15(20)21/h1-4,13-14,17H,5-10H2,(H,20,21)(H2,16,22,23). The Labute approximate surface area is 141 Å². The van der Waals surface area contributed by atoms with E-state index in [0.717, 1.165) is 5.69 Å². The first-order valence-electron chi connectivity index (χ1n) is 7.83. The van der Waals surface area contributed by atoms with Gasteiger partial charge in [0, 0.05) is 12.2 Å². The fraction of sp³-hybridized carbons (Fsp3) is 0.533. The lowest BCUT2D eigenvalue weighted by atomic mass is 9.96. The number of hydrogen-bond donors (Lipinski definition) is 3. The second kappa shape index (κ2) is 8.20. The molecule has 132 valence electrons. The molecule has 0 atom stereocenters. The highest BCUT2D eigenvalue weighted by atomic mass is 32.2. The van der Waals surface area contributed by atoms with Gasteiger partial charge in [0.1, 0.15) is 0 Å². The Morgan fingerprint density at radius 1 is 1.21 bits per heavy atom. The molecule has 2 rings (SSSR count). The van der Waals surface area contributed by atoms with E-state index in [1.807, 2.05) is 12.1 Å². The van der Waals surface area contributed by atoms with Crippen molar-refractivity contribution >= 4 is 27.4 Å². The maximum atomic E-state index is 11.3. The molecule has 24 heavy (non-hydrogen) atoms. The number of carbonyl (C=O) groups is 1. The van der Waals surface area contributed by atoms with E-state index in [0.29, 0.717) is 37.9 Å². The third-order valence-corrected chi connectivity index (χ3v) is 5.38. The molecule has 1 aliphatic rings. The molecule has 0 heterocycles. The van der Waals surface area contributed by atoms with Crippen molar-refractivity contribution in [3.8, 4) is 0 Å². The van der Waals surface area contributed by atoms with E-state index in [2.05, 4.69) is 15.5 Å². The van der Waals surface area contributed by atoms with Crippen molar-refractivity contribution < 1.29 is 18.3 Å². The predicted octanol–water partition coefficient (Wildman–Crippen LogP) is 2.26. The van der Waals surface area contributed by atoms with E-state index < -0.39 is 21.2 Å². The number of anilines is 1. The fourth-order valence-corrected chi connectivity index (χ4v) is 3.53. The van der Waals surface area contributed by atoms with Gasteiger partial charge in [0.2, 0.25) is 10.0 Å². The summed E-state index contributed by atoms with van der Waals surface area (Å²) in [4.78, 5) is 10.4. The Kier molecular flexibility index (Phi) is 6.27. The maximum Gasteiger partial charge on any atom is 0.305 e. The van der Waals surface area contributed by atoms with Crippen LogP contribution in [0.4, 0.5) is 11.4 Å². The molecular formula is C15H22N4O4S. The summed E-state index contributed by atoms with van der Waals surface area (Å²) in [6, 6.07) is 7.24. The number of rotatable bonds is 7. The van der Waals surface area contributed by atoms with E-state index in [1.54, 1.807) is 12.1 Å². The largest absolute Gasteiger partial charge is 0.481 e. The molecule has 0 unspecified atom stereocenters. The quantitative estimate of drug-likeness (QED) is 0.646. The molecule has 0 radical (unpaired) electrons. The van der Waals surface area contributed by atoms with Crippen LogP contribution in [-0.4, -0.2) is 37.3 Å². The number of hydrogen-bond acceptors (Lipinski definition) is 6. The minimum absolute atomic E-state index is 0.0244. The third kappa shape index (κ3) is 5.89. The van der Waals surface area contributed by atoms with Gasteiger partial charge in [0.05, 0.1) is 23.4 Å². The summed E-state index contributed by atoms with van der Waals surface area (Å²) < 4.78 is 22.6. The van der Waals surface area contributed by atoms with Gasteiger partial charge in [0.25, 0.3) is 0 Å². The summed E-state index contributed by atoms with van der Waals surface area (Å²) in [5.74, 6) is -0.843. The number of nitrogens with zero attached hydrogens (tertiary/aromatic N) is 2. The van der Waals surface area contributed by atoms with Crippen LogP contribution in [0.25, 0.3) is 0 Å². The number of carboxylic acids is 1. The van der Waals surface area contributed by atoms with E-state index in [9.17, 15) is 13.2 Å². The molecule has 4 N–H and O–H groups in total. The van der Waals surface area contributed by atoms with Crippen LogP contribution >= 0.6 is 0 Å². The smallest absolute Gasteiger partial charge is 0.305 e. The second-order valence-electron chi connectivity index (χ2n) is 5.85. The number of nitrogens with two attached hydrogens (primary N) is 1. The van der Waals surface area contributed by atoms with E-state index in [-0.39, 0.29) is 12.5 Å². The van der Waals surface area contributed by atoms with Crippen molar-refractivity contribution in [1.82, 2.24) is 0 Å². The summed E-state index contributed by atoms with van der Waals surface area (Å²) in [5, 5.41) is 24.8. The molecular weight excluding hydrogens is 332 g/mol. The molecule has 1 aromatic carbocycles. The number of primary sulfonamides is 1. The average Bonchev–Trinajstić information content (AvgIpc) is 2.53. The van der Waals surface area contributed by atoms with Gasteiger partial charge in [0.15, 0.2) is 0 Å². The van der Waals surface area contributed by atoms with E-state index in [1.165, 1.54) is 0 Å². The van der Waals surface area contributed by atoms with Crippen molar-refractivity contribution in [3.63, 3.8) is 0 Å². The minimum atomic E-state index is -3.45. The van der Waals surface area contributed by atoms with Crippen LogP contribution < -0.4 is 10.5 Å². The summed E-state index contributed by atoms with van der Waals surface area (Å²) in [7, 11) is -3.45. The van der Waals surface area contributed by atoms with Gasteiger partial charge in [-0.2, -0.15) is 10.2 Å². The third-order valence-electron chi connectivity index (χ3n) is 3.98. The Bertz CT molecular complexity index is 680. The van der Waals surface area contributed by atoms with Crippen LogP contribution in [0.15, 0.2) is 34.5 Å². The Hall–Kier alpha value is -2.00. The van der Waals surface area contributed by atoms with Crippen LogP contribution in [0.3, 0.4) is 0 Å². The topological polar surface area (TPSA) is 134 Å². The molecule has 0 aliphatic heterocycles. The van der Waals surface area contributed by atoms with Gasteiger partial charge in [-0.05, 0) is 49.9 Å². The summed E-state index contributed by atoms with van der Waals surface area (Å²) in [5.41, 5.74) is 1.52. The second-order valence-corrected chi connectivity index (χ2v) is 7.70. The monoisotopic (exact) mass is 354 g/mol. The summed E-state index contributed by atoms with van der Waals surface area (Å²) in [6.45, 7) is 0.365. The first-order chi connectivity index (χ1) is 11.3. The Morgan fingerprint density at radius 3 is 2.38 bits per heavy atom. The van der Waals surface area contributed by atoms with Gasteiger partial charge < -0.3 is 10.4 Å². The molecule has 8 nitrogen and oxygen atoms in total. The zero-order chi connectivity index (χ0) is 17.6. The highest BCUT2D eigenvalue weighted by Gasteiger charge is 2.28. The molecule has 1 aliphatic carbocycles. The molecule has 0 spiro atoms. The minimum Gasteiger partial charge on any atom is -0.481 e. The molecule has 1 aromatic rings. The number of sulfonamides is 1. The highest BCUT2D eigenvalue weighted by molar-refractivity contribution is 7.89. The van der Waals surface area contributed by atoms with Crippen molar-refractivity contribution in [1.29, 1.82) is 0 Å². The normalized spacial score (nSPS) is 21.7. The highest BCUT2D eigenvalue weighted by Crippen LogP contribution is 2.26. The van der Waals surface area contributed by atoms with Crippen molar-refractivity contribution in [2.75, 3.05) is 11.9 Å². The van der Waals surface area contributed by atoms with Crippen LogP contribution in [0.1, 0.15) is 32.1 Å². The van der Waals surface area contributed by atoms with Crippen LogP contribution in [0.5, 0.6) is 0 Å². The van der Waals surface area contributed by atoms with Crippen molar-refractivity contribution in [2.24, 2.45) is 15.4 Å². The SMILES string of the molecule is NS(=O)(=O)C1CCC(N=Nc2ccc(NCCC(=O)O)cc2)CC1. The lowest BCUT2D eigenvalue weighted by molar-refractivity contribution is -0.136. The van der Waals surface area contributed by atoms with Gasteiger partial charge in [-0.25, -0.2) is 13.6 Å². The van der Waals surface area contributed by atoms with Crippen LogP contribution in [0.2, 0.25) is 0 Å². The summed E-state index contributed by atoms with van der Waals surface area (Å²) >= 11 is 0. The molecule has 9 heteroatoms. The van der Waals surface area contributed by atoms with Crippen molar-refractivity contribution in [2.45, 2.75) is 43.4 Å². The number of nitrogens with one attached hydrogen (secondary N) is 1. The lowest BCUT2D eigenvalue weighted by Crippen LogP contribution is -2.33. The van der Waals surface area contributed by atoms with Crippen LogP contribution in [0, 0.1) is 0 Å². The number of benzene rings is 1. The maximum absolute atomic E-state index is 11.3. The zero-order valence-corrected chi connectivity index (χ0v) is 14.1. The molecule has 0 saturated heterocycles. The van der Waals surface area contributed by atoms with E-state index >= 15 is 0 Å². The first-order valence-corrected chi connectivity index (χ1v) is 9.44. The Balaban J connectivity index is 1.81. The molecule has 0 bridgehead atoms. The average molecular weight is 354 g/mol.